The van der Waals surface area contributed by atoms with Crippen LogP contribution in [0.2, 0.25) is 0 Å². The Balaban J connectivity index is 2.22. The van der Waals surface area contributed by atoms with Gasteiger partial charge in [-0.15, -0.1) is 0 Å². The molecule has 1 N–H and O–H groups in total. The van der Waals surface area contributed by atoms with E-state index in [-0.39, 0.29) is 5.69 Å². The zero-order valence-electron chi connectivity index (χ0n) is 9.08. The summed E-state index contributed by atoms with van der Waals surface area (Å²) >= 11 is 1.45. The van der Waals surface area contributed by atoms with Crippen molar-refractivity contribution in [2.75, 3.05) is 11.9 Å². The minimum absolute atomic E-state index is 0.0559. The lowest BCUT2D eigenvalue weighted by atomic mass is 10.2. The van der Waals surface area contributed by atoms with E-state index in [9.17, 15) is 13.2 Å². The summed E-state index contributed by atoms with van der Waals surface area (Å²) in [5.41, 5.74) is -0.608. The van der Waals surface area contributed by atoms with Crippen LogP contribution >= 0.6 is 11.8 Å². The van der Waals surface area contributed by atoms with Crippen LogP contribution < -0.4 is 5.32 Å². The highest BCUT2D eigenvalue weighted by Gasteiger charge is 2.33. The van der Waals surface area contributed by atoms with E-state index in [2.05, 4.69) is 10.3 Å². The Morgan fingerprint density at radius 2 is 2.06 bits per heavy atom. The topological polar surface area (TPSA) is 24.4 Å². The molecule has 1 aliphatic rings. The summed E-state index contributed by atoms with van der Waals surface area (Å²) in [5.74, 6) is 0. The van der Waals surface area contributed by atoms with E-state index in [1.807, 2.05) is 6.92 Å². The third-order valence-electron chi connectivity index (χ3n) is 2.28. The lowest BCUT2D eigenvalue weighted by molar-refractivity contribution is -0.136. The van der Waals surface area contributed by atoms with Crippen LogP contribution in [0.3, 0.4) is 0 Å². The predicted molar refractivity (Wildman–Crippen MR) is 64.4 cm³/mol. The van der Waals surface area contributed by atoms with Crippen molar-refractivity contribution in [1.29, 1.82) is 0 Å². The van der Waals surface area contributed by atoms with Crippen molar-refractivity contribution in [3.8, 4) is 0 Å². The minimum Gasteiger partial charge on any atom is -0.334 e. The van der Waals surface area contributed by atoms with Crippen molar-refractivity contribution < 1.29 is 13.2 Å². The fourth-order valence-electron chi connectivity index (χ4n) is 1.50. The van der Waals surface area contributed by atoms with Gasteiger partial charge in [0.05, 0.1) is 17.8 Å². The van der Waals surface area contributed by atoms with Crippen molar-refractivity contribution in [3.05, 3.63) is 29.8 Å². The molecule has 1 aromatic carbocycles. The Kier molecular flexibility index (Phi) is 3.33. The number of hydrogen-bond donors (Lipinski definition) is 1. The van der Waals surface area contributed by atoms with Gasteiger partial charge < -0.3 is 5.32 Å². The lowest BCUT2D eigenvalue weighted by Gasteiger charge is -2.13. The quantitative estimate of drug-likeness (QED) is 0.834. The first-order valence-corrected chi connectivity index (χ1v) is 5.99. The average molecular weight is 260 g/mol. The molecule has 2 nitrogen and oxygen atoms in total. The Morgan fingerprint density at radius 1 is 1.35 bits per heavy atom. The van der Waals surface area contributed by atoms with E-state index in [0.29, 0.717) is 17.0 Å². The zero-order valence-corrected chi connectivity index (χ0v) is 9.90. The van der Waals surface area contributed by atoms with Crippen LogP contribution in [-0.2, 0) is 6.18 Å². The maximum Gasteiger partial charge on any atom is 0.418 e. The fourth-order valence-corrected chi connectivity index (χ4v) is 2.35. The SMILES string of the molecule is C[C@H]1CN=C(Nc2ccccc2C(F)(F)F)S1. The van der Waals surface area contributed by atoms with Crippen LogP contribution in [0.5, 0.6) is 0 Å². The highest BCUT2D eigenvalue weighted by Crippen LogP contribution is 2.35. The number of amidine groups is 1. The molecule has 0 amide bonds. The molecule has 0 aliphatic carbocycles. The summed E-state index contributed by atoms with van der Waals surface area (Å²) in [4.78, 5) is 4.14. The number of nitrogens with zero attached hydrogens (tertiary/aromatic N) is 1. The Bertz CT molecular complexity index is 443. The number of halogens is 3. The van der Waals surface area contributed by atoms with Crippen LogP contribution in [-0.4, -0.2) is 17.0 Å². The standard InChI is InChI=1S/C11H11F3N2S/c1-7-6-15-10(17-7)16-9-5-3-2-4-8(9)11(12,13)14/h2-5,7H,6H2,1H3,(H,15,16)/t7-/m0/s1. The van der Waals surface area contributed by atoms with Crippen molar-refractivity contribution in [3.63, 3.8) is 0 Å². The summed E-state index contributed by atoms with van der Waals surface area (Å²) in [6.07, 6.45) is -4.35. The molecule has 0 saturated carbocycles. The van der Waals surface area contributed by atoms with Crippen molar-refractivity contribution in [2.24, 2.45) is 4.99 Å². The second-order valence-corrected chi connectivity index (χ2v) is 5.17. The van der Waals surface area contributed by atoms with Gasteiger partial charge in [0.2, 0.25) is 0 Å². The number of aliphatic imine (C=N–C) groups is 1. The first-order chi connectivity index (χ1) is 7.97. The van der Waals surface area contributed by atoms with E-state index >= 15 is 0 Å². The molecule has 92 valence electrons. The normalized spacial score (nSPS) is 20.2. The van der Waals surface area contributed by atoms with Gasteiger partial charge in [-0.1, -0.05) is 30.8 Å². The van der Waals surface area contributed by atoms with E-state index in [1.165, 1.54) is 23.9 Å². The maximum atomic E-state index is 12.7. The minimum atomic E-state index is -4.35. The van der Waals surface area contributed by atoms with Crippen LogP contribution in [0.1, 0.15) is 12.5 Å². The smallest absolute Gasteiger partial charge is 0.334 e. The molecule has 0 fully saturated rings. The number of hydrogen-bond acceptors (Lipinski definition) is 3. The van der Waals surface area contributed by atoms with Gasteiger partial charge >= 0.3 is 6.18 Å². The molecule has 6 heteroatoms. The molecule has 1 aromatic rings. The zero-order chi connectivity index (χ0) is 12.5. The summed E-state index contributed by atoms with van der Waals surface area (Å²) in [7, 11) is 0. The number of alkyl halides is 3. The van der Waals surface area contributed by atoms with Gasteiger partial charge in [0.25, 0.3) is 0 Å². The van der Waals surface area contributed by atoms with Crippen LogP contribution in [0.25, 0.3) is 0 Å². The van der Waals surface area contributed by atoms with Gasteiger partial charge in [-0.2, -0.15) is 13.2 Å². The molecular weight excluding hydrogens is 249 g/mol. The summed E-state index contributed by atoms with van der Waals surface area (Å²) in [6, 6.07) is 5.42. The van der Waals surface area contributed by atoms with E-state index < -0.39 is 11.7 Å². The molecule has 17 heavy (non-hydrogen) atoms. The third kappa shape index (κ3) is 2.94. The van der Waals surface area contributed by atoms with Gasteiger partial charge in [-0.3, -0.25) is 4.99 Å². The molecule has 0 radical (unpaired) electrons. The number of nitrogens with one attached hydrogen (secondary N) is 1. The highest BCUT2D eigenvalue weighted by molar-refractivity contribution is 8.15. The first kappa shape index (κ1) is 12.3. The number of anilines is 1. The van der Waals surface area contributed by atoms with Crippen molar-refractivity contribution in [2.45, 2.75) is 18.3 Å². The number of rotatable bonds is 1. The van der Waals surface area contributed by atoms with Gasteiger partial charge in [0.1, 0.15) is 0 Å². The second-order valence-electron chi connectivity index (χ2n) is 3.74. The van der Waals surface area contributed by atoms with Gasteiger partial charge in [0.15, 0.2) is 5.17 Å². The molecular formula is C11H11F3N2S. The Morgan fingerprint density at radius 3 is 2.65 bits per heavy atom. The molecule has 2 rings (SSSR count). The molecule has 0 unspecified atom stereocenters. The lowest BCUT2D eigenvalue weighted by Crippen LogP contribution is -2.13. The van der Waals surface area contributed by atoms with Crippen LogP contribution in [0, 0.1) is 0 Å². The summed E-state index contributed by atoms with van der Waals surface area (Å²) in [6.45, 7) is 2.62. The van der Waals surface area contributed by atoms with Crippen LogP contribution in [0.4, 0.5) is 18.9 Å². The van der Waals surface area contributed by atoms with E-state index in [1.54, 1.807) is 6.07 Å². The third-order valence-corrected chi connectivity index (χ3v) is 3.28. The van der Waals surface area contributed by atoms with E-state index in [0.717, 1.165) is 6.07 Å². The fraction of sp³-hybridized carbons (Fsp3) is 0.364. The van der Waals surface area contributed by atoms with E-state index in [4.69, 9.17) is 0 Å². The summed E-state index contributed by atoms with van der Waals surface area (Å²) < 4.78 is 38.1. The Labute approximate surface area is 101 Å². The van der Waals surface area contributed by atoms with Crippen molar-refractivity contribution >= 4 is 22.6 Å². The molecule has 1 atom stereocenters. The number of benzene rings is 1. The second kappa shape index (κ2) is 4.60. The van der Waals surface area contributed by atoms with Gasteiger partial charge in [-0.25, -0.2) is 0 Å². The molecule has 1 heterocycles. The van der Waals surface area contributed by atoms with Crippen LogP contribution in [0.15, 0.2) is 29.3 Å². The largest absolute Gasteiger partial charge is 0.418 e. The molecule has 0 bridgehead atoms. The van der Waals surface area contributed by atoms with Crippen molar-refractivity contribution in [1.82, 2.24) is 0 Å². The number of thioether (sulfide) groups is 1. The molecule has 0 aromatic heterocycles. The summed E-state index contributed by atoms with van der Waals surface area (Å²) in [5, 5.41) is 3.60. The monoisotopic (exact) mass is 260 g/mol. The molecule has 0 spiro atoms. The highest BCUT2D eigenvalue weighted by atomic mass is 32.2. The first-order valence-electron chi connectivity index (χ1n) is 5.11. The number of para-hydroxylation sites is 1. The van der Waals surface area contributed by atoms with Gasteiger partial charge in [0, 0.05) is 5.25 Å². The Hall–Kier alpha value is -1.17. The molecule has 0 saturated heterocycles. The average Bonchev–Trinajstić information content (AvgIpc) is 2.63. The maximum absolute atomic E-state index is 12.7. The predicted octanol–water partition coefficient (Wildman–Crippen LogP) is 3.61. The molecule has 1 aliphatic heterocycles. The van der Waals surface area contributed by atoms with Gasteiger partial charge in [-0.05, 0) is 12.1 Å².